The molecule has 2 aromatic carbocycles. The van der Waals surface area contributed by atoms with Crippen molar-refractivity contribution in [1.29, 1.82) is 0 Å². The monoisotopic (exact) mass is 282 g/mol. The summed E-state index contributed by atoms with van der Waals surface area (Å²) in [5.74, 6) is 0.834. The molecule has 0 unspecified atom stereocenters. The van der Waals surface area contributed by atoms with Crippen molar-refractivity contribution in [2.75, 3.05) is 18.5 Å². The number of carbonyl (C=O) groups is 1. The van der Waals surface area contributed by atoms with Crippen LogP contribution in [0.2, 0.25) is 0 Å². The Balaban J connectivity index is 1.42. The Kier molecular flexibility index (Phi) is 4.05. The molecule has 1 heterocycles. The van der Waals surface area contributed by atoms with E-state index in [-0.39, 0.29) is 11.9 Å². The minimum Gasteiger partial charge on any atom is -0.492 e. The lowest BCUT2D eigenvalue weighted by atomic mass is 10.1. The summed E-state index contributed by atoms with van der Waals surface area (Å²) in [6.45, 7) is 0.970. The van der Waals surface area contributed by atoms with Gasteiger partial charge in [-0.15, -0.1) is 0 Å². The Hall–Kier alpha value is -2.49. The predicted molar refractivity (Wildman–Crippen MR) is 82.5 cm³/mol. The van der Waals surface area contributed by atoms with Crippen molar-refractivity contribution in [2.45, 2.75) is 12.5 Å². The molecule has 0 saturated heterocycles. The fourth-order valence-corrected chi connectivity index (χ4v) is 2.44. The van der Waals surface area contributed by atoms with Gasteiger partial charge in [0.1, 0.15) is 18.4 Å². The molecule has 0 saturated carbocycles. The van der Waals surface area contributed by atoms with Crippen LogP contribution in [0.3, 0.4) is 0 Å². The first-order valence-electron chi connectivity index (χ1n) is 7.13. The van der Waals surface area contributed by atoms with Crippen LogP contribution in [0.15, 0.2) is 54.6 Å². The van der Waals surface area contributed by atoms with Crippen molar-refractivity contribution in [3.8, 4) is 5.75 Å². The molecule has 0 fully saturated rings. The van der Waals surface area contributed by atoms with Crippen LogP contribution >= 0.6 is 0 Å². The topological polar surface area (TPSA) is 50.4 Å². The highest BCUT2D eigenvalue weighted by Crippen LogP contribution is 2.24. The zero-order valence-corrected chi connectivity index (χ0v) is 11.7. The van der Waals surface area contributed by atoms with Gasteiger partial charge in [0.25, 0.3) is 0 Å². The summed E-state index contributed by atoms with van der Waals surface area (Å²) in [5, 5.41) is 6.14. The van der Waals surface area contributed by atoms with Crippen molar-refractivity contribution in [3.05, 3.63) is 60.2 Å². The van der Waals surface area contributed by atoms with E-state index in [1.54, 1.807) is 0 Å². The second kappa shape index (κ2) is 6.31. The second-order valence-electron chi connectivity index (χ2n) is 5.01. The van der Waals surface area contributed by atoms with Crippen LogP contribution in [0, 0.1) is 0 Å². The van der Waals surface area contributed by atoms with E-state index < -0.39 is 0 Å². The summed E-state index contributed by atoms with van der Waals surface area (Å²) in [5.41, 5.74) is 2.25. The lowest BCUT2D eigenvalue weighted by molar-refractivity contribution is -0.121. The van der Waals surface area contributed by atoms with Gasteiger partial charge in [0, 0.05) is 12.1 Å². The Morgan fingerprint density at radius 2 is 1.90 bits per heavy atom. The summed E-state index contributed by atoms with van der Waals surface area (Å²) in [6.07, 6.45) is 0.738. The molecule has 108 valence electrons. The zero-order valence-electron chi connectivity index (χ0n) is 11.7. The van der Waals surface area contributed by atoms with Crippen LogP contribution in [0.25, 0.3) is 0 Å². The molecule has 0 spiro atoms. The molecule has 21 heavy (non-hydrogen) atoms. The Labute approximate surface area is 124 Å². The van der Waals surface area contributed by atoms with E-state index in [2.05, 4.69) is 10.6 Å². The van der Waals surface area contributed by atoms with Crippen LogP contribution in [-0.2, 0) is 11.2 Å². The number of hydrogen-bond acceptors (Lipinski definition) is 3. The molecule has 2 N–H and O–H groups in total. The normalized spacial score (nSPS) is 15.9. The highest BCUT2D eigenvalue weighted by atomic mass is 16.5. The fourth-order valence-electron chi connectivity index (χ4n) is 2.44. The number of carbonyl (C=O) groups excluding carboxylic acids is 1. The number of amides is 1. The number of benzene rings is 2. The number of nitrogens with one attached hydrogen (secondary N) is 2. The van der Waals surface area contributed by atoms with Crippen molar-refractivity contribution < 1.29 is 9.53 Å². The van der Waals surface area contributed by atoms with Crippen LogP contribution in [-0.4, -0.2) is 25.1 Å². The van der Waals surface area contributed by atoms with Crippen LogP contribution < -0.4 is 15.4 Å². The van der Waals surface area contributed by atoms with Gasteiger partial charge in [-0.05, 0) is 23.8 Å². The standard InChI is InChI=1S/C17H18N2O2/c20-17(16-12-13-6-4-5-9-15(13)19-16)18-10-11-21-14-7-2-1-3-8-14/h1-9,16,19H,10-12H2,(H,18,20)/t16-/m0/s1. The first-order chi connectivity index (χ1) is 10.3. The Bertz CT molecular complexity index is 588. The van der Waals surface area contributed by atoms with Gasteiger partial charge in [0.05, 0.1) is 6.54 Å². The lowest BCUT2D eigenvalue weighted by Crippen LogP contribution is -2.40. The third-order valence-corrected chi connectivity index (χ3v) is 3.50. The van der Waals surface area contributed by atoms with Gasteiger partial charge < -0.3 is 15.4 Å². The van der Waals surface area contributed by atoms with E-state index >= 15 is 0 Å². The highest BCUT2D eigenvalue weighted by Gasteiger charge is 2.25. The fraction of sp³-hybridized carbons (Fsp3) is 0.235. The quantitative estimate of drug-likeness (QED) is 0.827. The van der Waals surface area contributed by atoms with Gasteiger partial charge in [-0.25, -0.2) is 0 Å². The Morgan fingerprint density at radius 3 is 2.71 bits per heavy atom. The SMILES string of the molecule is O=C(NCCOc1ccccc1)[C@@H]1Cc2ccccc2N1. The van der Waals surface area contributed by atoms with Gasteiger partial charge in [-0.1, -0.05) is 36.4 Å². The van der Waals surface area contributed by atoms with Gasteiger partial charge in [-0.3, -0.25) is 4.79 Å². The number of ether oxygens (including phenoxy) is 1. The largest absolute Gasteiger partial charge is 0.492 e. The molecule has 4 nitrogen and oxygen atoms in total. The molecule has 4 heteroatoms. The third-order valence-electron chi connectivity index (χ3n) is 3.50. The van der Waals surface area contributed by atoms with Gasteiger partial charge >= 0.3 is 0 Å². The van der Waals surface area contributed by atoms with Gasteiger partial charge in [0.2, 0.25) is 5.91 Å². The Morgan fingerprint density at radius 1 is 1.14 bits per heavy atom. The minimum atomic E-state index is -0.181. The highest BCUT2D eigenvalue weighted by molar-refractivity contribution is 5.87. The number of hydrogen-bond donors (Lipinski definition) is 2. The average molecular weight is 282 g/mol. The van der Waals surface area contributed by atoms with E-state index in [0.717, 1.165) is 17.9 Å². The van der Waals surface area contributed by atoms with Gasteiger partial charge in [0.15, 0.2) is 0 Å². The summed E-state index contributed by atoms with van der Waals surface area (Å²) in [4.78, 5) is 12.1. The van der Waals surface area contributed by atoms with E-state index in [9.17, 15) is 4.79 Å². The molecular weight excluding hydrogens is 264 g/mol. The number of anilines is 1. The molecule has 2 aromatic rings. The van der Waals surface area contributed by atoms with Gasteiger partial charge in [-0.2, -0.15) is 0 Å². The molecule has 3 rings (SSSR count). The summed E-state index contributed by atoms with van der Waals surface area (Å²) in [6, 6.07) is 17.4. The minimum absolute atomic E-state index is 0.0165. The first-order valence-corrected chi connectivity index (χ1v) is 7.13. The van der Waals surface area contributed by atoms with E-state index in [1.165, 1.54) is 5.56 Å². The molecule has 1 atom stereocenters. The lowest BCUT2D eigenvalue weighted by Gasteiger charge is -2.12. The summed E-state index contributed by atoms with van der Waals surface area (Å²) in [7, 11) is 0. The van der Waals surface area contributed by atoms with E-state index in [0.29, 0.717) is 13.2 Å². The number of rotatable bonds is 5. The van der Waals surface area contributed by atoms with Crippen molar-refractivity contribution >= 4 is 11.6 Å². The second-order valence-corrected chi connectivity index (χ2v) is 5.01. The maximum Gasteiger partial charge on any atom is 0.242 e. The molecule has 1 aliphatic rings. The van der Waals surface area contributed by atoms with Crippen LogP contribution in [0.4, 0.5) is 5.69 Å². The smallest absolute Gasteiger partial charge is 0.242 e. The molecule has 1 amide bonds. The molecule has 0 radical (unpaired) electrons. The molecular formula is C17H18N2O2. The molecule has 1 aliphatic heterocycles. The maximum absolute atomic E-state index is 12.1. The molecule has 0 bridgehead atoms. The predicted octanol–water partition coefficient (Wildman–Crippen LogP) is 2.22. The first kappa shape index (κ1) is 13.5. The van der Waals surface area contributed by atoms with Crippen LogP contribution in [0.5, 0.6) is 5.75 Å². The number of para-hydroxylation sites is 2. The van der Waals surface area contributed by atoms with Crippen LogP contribution in [0.1, 0.15) is 5.56 Å². The molecule has 0 aliphatic carbocycles. The average Bonchev–Trinajstić information content (AvgIpc) is 2.96. The third kappa shape index (κ3) is 3.34. The van der Waals surface area contributed by atoms with E-state index in [4.69, 9.17) is 4.74 Å². The molecule has 0 aromatic heterocycles. The summed E-state index contributed by atoms with van der Waals surface area (Å²) >= 11 is 0. The van der Waals surface area contributed by atoms with Crippen molar-refractivity contribution in [3.63, 3.8) is 0 Å². The number of fused-ring (bicyclic) bond motifs is 1. The zero-order chi connectivity index (χ0) is 14.5. The maximum atomic E-state index is 12.1. The van der Waals surface area contributed by atoms with Crippen molar-refractivity contribution in [2.24, 2.45) is 0 Å². The summed E-state index contributed by atoms with van der Waals surface area (Å²) < 4.78 is 5.55. The van der Waals surface area contributed by atoms with Crippen molar-refractivity contribution in [1.82, 2.24) is 5.32 Å². The van der Waals surface area contributed by atoms with E-state index in [1.807, 2.05) is 54.6 Å².